The summed E-state index contributed by atoms with van der Waals surface area (Å²) in [6, 6.07) is 1.60. The number of nitrogens with zero attached hydrogens (tertiary/aromatic N) is 2. The van der Waals surface area contributed by atoms with Gasteiger partial charge in [-0.2, -0.15) is 0 Å². The number of carboxylic acids is 1. The van der Waals surface area contributed by atoms with E-state index in [-0.39, 0.29) is 17.6 Å². The van der Waals surface area contributed by atoms with Crippen LogP contribution in [0.5, 0.6) is 0 Å². The third-order valence-corrected chi connectivity index (χ3v) is 6.15. The van der Waals surface area contributed by atoms with E-state index in [1.54, 1.807) is 6.92 Å². The molecule has 8 heteroatoms. The first-order valence-corrected chi connectivity index (χ1v) is 8.81. The molecule has 1 aromatic rings. The van der Waals surface area contributed by atoms with E-state index in [2.05, 4.69) is 0 Å². The van der Waals surface area contributed by atoms with Gasteiger partial charge in [0.2, 0.25) is 5.91 Å². The first kappa shape index (κ1) is 17.1. The Morgan fingerprint density at radius 1 is 1.50 bits per heavy atom. The molecule has 2 N–H and O–H groups in total. The lowest BCUT2D eigenvalue weighted by Crippen LogP contribution is -2.61. The summed E-state index contributed by atoms with van der Waals surface area (Å²) in [6.07, 6.45) is -0.346. The van der Waals surface area contributed by atoms with Crippen molar-refractivity contribution in [2.24, 2.45) is 5.92 Å². The van der Waals surface area contributed by atoms with E-state index in [0.717, 1.165) is 10.4 Å². The fourth-order valence-electron chi connectivity index (χ4n) is 3.35. The second-order valence-corrected chi connectivity index (χ2v) is 7.58. The molecule has 0 radical (unpaired) electrons. The third-order valence-electron chi connectivity index (χ3n) is 4.50. The predicted molar refractivity (Wildman–Crippen MR) is 94.7 cm³/mol. The van der Waals surface area contributed by atoms with Gasteiger partial charge in [-0.05, 0) is 35.9 Å². The van der Waals surface area contributed by atoms with E-state index < -0.39 is 18.0 Å². The van der Waals surface area contributed by atoms with E-state index in [9.17, 15) is 19.8 Å². The molecule has 0 aromatic carbocycles. The van der Waals surface area contributed by atoms with E-state index >= 15 is 0 Å². The molecule has 0 saturated carbocycles. The number of thiophene rings is 1. The Balaban J connectivity index is 1.97. The van der Waals surface area contributed by atoms with E-state index in [0.29, 0.717) is 17.0 Å². The monoisotopic (exact) mass is 366 g/mol. The van der Waals surface area contributed by atoms with Crippen molar-refractivity contribution in [3.8, 4) is 0 Å². The fourth-order valence-corrected chi connectivity index (χ4v) is 4.50. The Bertz CT molecular complexity index is 766. The molecule has 3 heterocycles. The molecule has 1 aromatic heterocycles. The van der Waals surface area contributed by atoms with Crippen LogP contribution in [0.3, 0.4) is 0 Å². The lowest BCUT2D eigenvalue weighted by Gasteiger charge is -2.44. The summed E-state index contributed by atoms with van der Waals surface area (Å²) in [4.78, 5) is 28.6. The number of carboxylic acid groups (broad SMARTS) is 1. The van der Waals surface area contributed by atoms with Crippen LogP contribution in [0.4, 0.5) is 0 Å². The maximum atomic E-state index is 12.2. The molecule has 2 aliphatic rings. The number of carbonyl (C=O) groups excluding carboxylic acids is 1. The quantitative estimate of drug-likeness (QED) is 0.619. The molecule has 3 rings (SSSR count). The van der Waals surface area contributed by atoms with Crippen LogP contribution < -0.4 is 0 Å². The number of amides is 1. The zero-order valence-corrected chi connectivity index (χ0v) is 15.1. The van der Waals surface area contributed by atoms with Crippen LogP contribution >= 0.6 is 23.6 Å². The standard InChI is InChI=1S/C16H18N2O4S2/c1-7(19)12-10-5-9(13(16(21)22)18(10)14(12)20)8-4-11(24-6-8)15(23)17(2)3/h4,6-7,10,12,19H,5H2,1-3H3,(H,21,22). The average molecular weight is 366 g/mol. The highest BCUT2D eigenvalue weighted by molar-refractivity contribution is 7.81. The predicted octanol–water partition coefficient (Wildman–Crippen LogP) is 1.39. The molecule has 24 heavy (non-hydrogen) atoms. The fraction of sp³-hybridized carbons (Fsp3) is 0.438. The maximum absolute atomic E-state index is 12.2. The van der Waals surface area contributed by atoms with Gasteiger partial charge in [-0.25, -0.2) is 4.79 Å². The highest BCUT2D eigenvalue weighted by Gasteiger charge is 2.56. The zero-order chi connectivity index (χ0) is 17.8. The number of aliphatic hydroxyl groups is 1. The molecule has 1 fully saturated rings. The zero-order valence-electron chi connectivity index (χ0n) is 13.5. The van der Waals surface area contributed by atoms with Gasteiger partial charge >= 0.3 is 5.97 Å². The van der Waals surface area contributed by atoms with Gasteiger partial charge in [0.1, 0.15) is 10.7 Å². The van der Waals surface area contributed by atoms with Gasteiger partial charge in [0.05, 0.1) is 22.9 Å². The Morgan fingerprint density at radius 3 is 2.71 bits per heavy atom. The van der Waals surface area contributed by atoms with Gasteiger partial charge in [-0.1, -0.05) is 12.2 Å². The maximum Gasteiger partial charge on any atom is 0.352 e. The lowest BCUT2D eigenvalue weighted by molar-refractivity contribution is -0.161. The summed E-state index contributed by atoms with van der Waals surface area (Å²) < 4.78 is 0. The van der Waals surface area contributed by atoms with Crippen LogP contribution in [0.2, 0.25) is 0 Å². The molecular formula is C16H18N2O4S2. The molecule has 3 unspecified atom stereocenters. The van der Waals surface area contributed by atoms with Crippen LogP contribution in [0, 0.1) is 5.92 Å². The number of hydrogen-bond donors (Lipinski definition) is 2. The number of aliphatic hydroxyl groups excluding tert-OH is 1. The van der Waals surface area contributed by atoms with Crippen molar-refractivity contribution in [3.05, 3.63) is 27.6 Å². The first-order chi connectivity index (χ1) is 11.2. The molecule has 6 nitrogen and oxygen atoms in total. The number of rotatable bonds is 4. The minimum absolute atomic E-state index is 0.0296. The number of fused-ring (bicyclic) bond motifs is 1. The molecule has 1 amide bonds. The number of β-lactam (4-membered cyclic amide) rings is 1. The normalized spacial score (nSPS) is 23.8. The van der Waals surface area contributed by atoms with Gasteiger partial charge in [0.15, 0.2) is 0 Å². The molecular weight excluding hydrogens is 348 g/mol. The molecule has 0 bridgehead atoms. The topological polar surface area (TPSA) is 81.1 Å². The van der Waals surface area contributed by atoms with E-state index in [4.69, 9.17) is 12.2 Å². The highest BCUT2D eigenvalue weighted by atomic mass is 32.1. The minimum atomic E-state index is -1.12. The molecule has 3 atom stereocenters. The van der Waals surface area contributed by atoms with Crippen molar-refractivity contribution in [3.63, 3.8) is 0 Å². The summed E-state index contributed by atoms with van der Waals surface area (Å²) >= 11 is 6.80. The Labute approximate surface area is 149 Å². The Hall–Kier alpha value is -1.77. The van der Waals surface area contributed by atoms with Crippen LogP contribution in [-0.4, -0.2) is 63.1 Å². The van der Waals surface area contributed by atoms with Gasteiger partial charge in [0, 0.05) is 14.1 Å². The third kappa shape index (κ3) is 2.45. The van der Waals surface area contributed by atoms with Gasteiger partial charge < -0.3 is 20.0 Å². The van der Waals surface area contributed by atoms with Crippen LogP contribution in [0.15, 0.2) is 17.1 Å². The van der Waals surface area contributed by atoms with Crippen LogP contribution in [0.25, 0.3) is 5.57 Å². The molecule has 0 spiro atoms. The number of carbonyl (C=O) groups is 2. The molecule has 0 aliphatic carbocycles. The Kier molecular flexibility index (Phi) is 4.23. The van der Waals surface area contributed by atoms with Crippen molar-refractivity contribution in [1.29, 1.82) is 0 Å². The lowest BCUT2D eigenvalue weighted by atomic mass is 9.82. The minimum Gasteiger partial charge on any atom is -0.477 e. The van der Waals surface area contributed by atoms with Crippen molar-refractivity contribution in [2.75, 3.05) is 14.1 Å². The van der Waals surface area contributed by atoms with Gasteiger partial charge in [-0.3, -0.25) is 4.79 Å². The van der Waals surface area contributed by atoms with Gasteiger partial charge in [-0.15, -0.1) is 11.3 Å². The average Bonchev–Trinajstić information content (AvgIpc) is 3.07. The number of thiocarbonyl (C=S) groups is 1. The van der Waals surface area contributed by atoms with Crippen molar-refractivity contribution in [1.82, 2.24) is 9.80 Å². The van der Waals surface area contributed by atoms with Gasteiger partial charge in [0.25, 0.3) is 0 Å². The summed E-state index contributed by atoms with van der Waals surface area (Å²) in [5.41, 5.74) is 1.44. The molecule has 128 valence electrons. The summed E-state index contributed by atoms with van der Waals surface area (Å²) in [6.45, 7) is 1.57. The largest absolute Gasteiger partial charge is 0.477 e. The summed E-state index contributed by atoms with van der Waals surface area (Å²) in [5.74, 6) is -1.97. The smallest absolute Gasteiger partial charge is 0.352 e. The van der Waals surface area contributed by atoms with Crippen LogP contribution in [-0.2, 0) is 9.59 Å². The second-order valence-electron chi connectivity index (χ2n) is 6.28. The van der Waals surface area contributed by atoms with Crippen molar-refractivity contribution < 1.29 is 19.8 Å². The van der Waals surface area contributed by atoms with Crippen LogP contribution in [0.1, 0.15) is 23.8 Å². The van der Waals surface area contributed by atoms with E-state index in [1.807, 2.05) is 30.4 Å². The Morgan fingerprint density at radius 2 is 2.17 bits per heavy atom. The first-order valence-electron chi connectivity index (χ1n) is 7.52. The molecule has 2 aliphatic heterocycles. The number of aliphatic carboxylic acids is 1. The summed E-state index contributed by atoms with van der Waals surface area (Å²) in [7, 11) is 3.72. The molecule has 1 saturated heterocycles. The van der Waals surface area contributed by atoms with Crippen molar-refractivity contribution in [2.45, 2.75) is 25.5 Å². The van der Waals surface area contributed by atoms with E-state index in [1.165, 1.54) is 16.2 Å². The number of hydrogen-bond acceptors (Lipinski definition) is 5. The second kappa shape index (κ2) is 5.94. The SMILES string of the molecule is CC(O)C1C(=O)N2C(C(=O)O)=C(c3csc(C(=S)N(C)C)c3)CC12. The summed E-state index contributed by atoms with van der Waals surface area (Å²) in [5, 5.41) is 21.2. The highest BCUT2D eigenvalue weighted by Crippen LogP contribution is 2.47. The van der Waals surface area contributed by atoms with Crippen molar-refractivity contribution >= 4 is 46.0 Å².